The quantitative estimate of drug-likeness (QED) is 0.898. The van der Waals surface area contributed by atoms with Crippen LogP contribution >= 0.6 is 0 Å². The maximum atomic E-state index is 6.06. The zero-order valence-electron chi connectivity index (χ0n) is 11.9. The van der Waals surface area contributed by atoms with E-state index >= 15 is 0 Å². The minimum Gasteiger partial charge on any atom is -0.493 e. The fraction of sp³-hybridized carbons (Fsp3) is 0.333. The standard InChI is InChI=1S/C15H18N4O2/c1-2-20-15-13(16)14(17-9-18-15)19-11-7-8-21-12-6-4-3-5-10(11)12/h3-6,9,11H,2,7-8,16H2,1H3,(H,17,18,19). The molecule has 1 atom stereocenters. The summed E-state index contributed by atoms with van der Waals surface area (Å²) >= 11 is 0. The highest BCUT2D eigenvalue weighted by atomic mass is 16.5. The van der Waals surface area contributed by atoms with Gasteiger partial charge in [0.1, 0.15) is 17.8 Å². The Hall–Kier alpha value is -2.50. The van der Waals surface area contributed by atoms with Gasteiger partial charge in [-0.1, -0.05) is 18.2 Å². The smallest absolute Gasteiger partial charge is 0.242 e. The van der Waals surface area contributed by atoms with Crippen molar-refractivity contribution in [2.24, 2.45) is 0 Å². The SMILES string of the molecule is CCOc1ncnc(NC2CCOc3ccccc32)c1N. The molecule has 0 radical (unpaired) electrons. The van der Waals surface area contributed by atoms with Crippen LogP contribution in [0.25, 0.3) is 0 Å². The normalized spacial score (nSPS) is 16.7. The van der Waals surface area contributed by atoms with Gasteiger partial charge >= 0.3 is 0 Å². The lowest BCUT2D eigenvalue weighted by Gasteiger charge is -2.27. The van der Waals surface area contributed by atoms with Crippen LogP contribution in [0, 0.1) is 0 Å². The van der Waals surface area contributed by atoms with Crippen LogP contribution < -0.4 is 20.5 Å². The van der Waals surface area contributed by atoms with Gasteiger partial charge in [0.25, 0.3) is 0 Å². The van der Waals surface area contributed by atoms with E-state index in [1.54, 1.807) is 0 Å². The number of rotatable bonds is 4. The summed E-state index contributed by atoms with van der Waals surface area (Å²) in [6, 6.07) is 8.09. The average molecular weight is 286 g/mol. The molecule has 1 aliphatic heterocycles. The molecule has 0 bridgehead atoms. The third-order valence-electron chi connectivity index (χ3n) is 3.40. The number of ether oxygens (including phenoxy) is 2. The summed E-state index contributed by atoms with van der Waals surface area (Å²) in [6.45, 7) is 3.07. The molecule has 0 saturated heterocycles. The molecule has 21 heavy (non-hydrogen) atoms. The molecule has 0 saturated carbocycles. The highest BCUT2D eigenvalue weighted by Crippen LogP contribution is 2.35. The molecule has 6 nitrogen and oxygen atoms in total. The number of anilines is 2. The molecule has 2 heterocycles. The predicted octanol–water partition coefficient (Wildman–Crippen LogP) is 2.39. The number of fused-ring (bicyclic) bond motifs is 1. The van der Waals surface area contributed by atoms with Gasteiger partial charge in [0.2, 0.25) is 5.88 Å². The number of benzene rings is 1. The van der Waals surface area contributed by atoms with Crippen molar-refractivity contribution in [1.82, 2.24) is 9.97 Å². The van der Waals surface area contributed by atoms with Gasteiger partial charge in [-0.05, 0) is 13.0 Å². The lowest BCUT2D eigenvalue weighted by atomic mass is 10.0. The van der Waals surface area contributed by atoms with Crippen molar-refractivity contribution in [2.45, 2.75) is 19.4 Å². The number of nitrogens with one attached hydrogen (secondary N) is 1. The van der Waals surface area contributed by atoms with E-state index in [-0.39, 0.29) is 6.04 Å². The number of para-hydroxylation sites is 1. The van der Waals surface area contributed by atoms with Crippen molar-refractivity contribution in [1.29, 1.82) is 0 Å². The van der Waals surface area contributed by atoms with Crippen molar-refractivity contribution in [3.05, 3.63) is 36.2 Å². The van der Waals surface area contributed by atoms with Crippen LogP contribution in [0.4, 0.5) is 11.5 Å². The van der Waals surface area contributed by atoms with Crippen LogP contribution in [-0.2, 0) is 0 Å². The van der Waals surface area contributed by atoms with Gasteiger partial charge in [-0.3, -0.25) is 0 Å². The number of nitrogens with two attached hydrogens (primary N) is 1. The Morgan fingerprint density at radius 1 is 1.38 bits per heavy atom. The van der Waals surface area contributed by atoms with E-state index in [0.29, 0.717) is 30.6 Å². The van der Waals surface area contributed by atoms with Crippen molar-refractivity contribution < 1.29 is 9.47 Å². The zero-order valence-corrected chi connectivity index (χ0v) is 11.9. The Morgan fingerprint density at radius 3 is 3.10 bits per heavy atom. The molecule has 0 fully saturated rings. The van der Waals surface area contributed by atoms with Crippen LogP contribution in [0.15, 0.2) is 30.6 Å². The predicted molar refractivity (Wildman–Crippen MR) is 80.5 cm³/mol. The first-order valence-electron chi connectivity index (χ1n) is 7.01. The van der Waals surface area contributed by atoms with E-state index in [4.69, 9.17) is 15.2 Å². The maximum absolute atomic E-state index is 6.06. The van der Waals surface area contributed by atoms with Crippen LogP contribution in [0.2, 0.25) is 0 Å². The number of nitrogen functional groups attached to an aromatic ring is 1. The number of aromatic nitrogens is 2. The fourth-order valence-electron chi connectivity index (χ4n) is 2.40. The zero-order chi connectivity index (χ0) is 14.7. The molecule has 1 unspecified atom stereocenters. The molecule has 6 heteroatoms. The molecule has 0 spiro atoms. The van der Waals surface area contributed by atoms with E-state index in [2.05, 4.69) is 15.3 Å². The van der Waals surface area contributed by atoms with E-state index in [0.717, 1.165) is 17.7 Å². The van der Waals surface area contributed by atoms with E-state index < -0.39 is 0 Å². The second-order valence-electron chi connectivity index (χ2n) is 4.75. The third kappa shape index (κ3) is 2.69. The largest absolute Gasteiger partial charge is 0.493 e. The Labute approximate surface area is 123 Å². The lowest BCUT2D eigenvalue weighted by molar-refractivity contribution is 0.274. The van der Waals surface area contributed by atoms with E-state index in [1.165, 1.54) is 6.33 Å². The van der Waals surface area contributed by atoms with Crippen molar-refractivity contribution in [3.8, 4) is 11.6 Å². The second kappa shape index (κ2) is 5.87. The molecule has 1 aliphatic rings. The molecule has 110 valence electrons. The molecule has 3 N–H and O–H groups in total. The topological polar surface area (TPSA) is 82.3 Å². The van der Waals surface area contributed by atoms with Gasteiger partial charge in [-0.15, -0.1) is 0 Å². The van der Waals surface area contributed by atoms with Crippen LogP contribution in [-0.4, -0.2) is 23.2 Å². The highest BCUT2D eigenvalue weighted by Gasteiger charge is 2.22. The number of hydrogen-bond acceptors (Lipinski definition) is 6. The van der Waals surface area contributed by atoms with E-state index in [9.17, 15) is 0 Å². The van der Waals surface area contributed by atoms with Crippen molar-refractivity contribution in [2.75, 3.05) is 24.3 Å². The fourth-order valence-corrected chi connectivity index (χ4v) is 2.40. The Kier molecular flexibility index (Phi) is 3.77. The highest BCUT2D eigenvalue weighted by molar-refractivity contribution is 5.67. The summed E-state index contributed by atoms with van der Waals surface area (Å²) < 4.78 is 11.1. The van der Waals surface area contributed by atoms with Gasteiger partial charge in [0, 0.05) is 12.0 Å². The van der Waals surface area contributed by atoms with Gasteiger partial charge in [-0.2, -0.15) is 4.98 Å². The second-order valence-corrected chi connectivity index (χ2v) is 4.75. The lowest BCUT2D eigenvalue weighted by Crippen LogP contribution is -2.21. The average Bonchev–Trinajstić information content (AvgIpc) is 2.52. The molecule has 2 aromatic rings. The molecule has 1 aromatic heterocycles. The number of hydrogen-bond donors (Lipinski definition) is 2. The Balaban J connectivity index is 1.86. The Morgan fingerprint density at radius 2 is 2.24 bits per heavy atom. The van der Waals surface area contributed by atoms with Crippen LogP contribution in [0.3, 0.4) is 0 Å². The summed E-state index contributed by atoms with van der Waals surface area (Å²) in [6.07, 6.45) is 2.30. The first-order chi connectivity index (χ1) is 10.3. The molecular weight excluding hydrogens is 268 g/mol. The van der Waals surface area contributed by atoms with Crippen molar-refractivity contribution >= 4 is 11.5 Å². The van der Waals surface area contributed by atoms with Gasteiger partial charge in [0.05, 0.1) is 19.3 Å². The Bertz CT molecular complexity index is 633. The monoisotopic (exact) mass is 286 g/mol. The molecule has 3 rings (SSSR count). The molecule has 0 amide bonds. The van der Waals surface area contributed by atoms with Gasteiger partial charge < -0.3 is 20.5 Å². The minimum atomic E-state index is 0.113. The maximum Gasteiger partial charge on any atom is 0.242 e. The van der Waals surface area contributed by atoms with Gasteiger partial charge in [0.15, 0.2) is 5.82 Å². The number of nitrogens with zero attached hydrogens (tertiary/aromatic N) is 2. The summed E-state index contributed by atoms with van der Waals surface area (Å²) in [5, 5.41) is 3.37. The van der Waals surface area contributed by atoms with E-state index in [1.807, 2.05) is 31.2 Å². The van der Waals surface area contributed by atoms with Crippen molar-refractivity contribution in [3.63, 3.8) is 0 Å². The molecule has 0 aliphatic carbocycles. The summed E-state index contributed by atoms with van der Waals surface area (Å²) in [7, 11) is 0. The summed E-state index contributed by atoms with van der Waals surface area (Å²) in [4.78, 5) is 8.26. The first-order valence-corrected chi connectivity index (χ1v) is 7.01. The minimum absolute atomic E-state index is 0.113. The van der Waals surface area contributed by atoms with Crippen LogP contribution in [0.5, 0.6) is 11.6 Å². The molecule has 1 aromatic carbocycles. The van der Waals surface area contributed by atoms with Gasteiger partial charge in [-0.25, -0.2) is 4.98 Å². The summed E-state index contributed by atoms with van der Waals surface area (Å²) in [5.74, 6) is 1.91. The third-order valence-corrected chi connectivity index (χ3v) is 3.40. The molecular formula is C15H18N4O2. The van der Waals surface area contributed by atoms with Crippen LogP contribution in [0.1, 0.15) is 24.9 Å². The summed E-state index contributed by atoms with van der Waals surface area (Å²) in [5.41, 5.74) is 7.61. The first kappa shape index (κ1) is 13.5.